The molecule has 0 saturated carbocycles. The minimum atomic E-state index is -1.24. The Balaban J connectivity index is 3.16. The van der Waals surface area contributed by atoms with Gasteiger partial charge in [-0.25, -0.2) is 4.79 Å². The lowest BCUT2D eigenvalue weighted by atomic mass is 10.1. The highest BCUT2D eigenvalue weighted by Gasteiger charge is 2.29. The average molecular weight is 546 g/mol. The number of alkyl halides is 2. The van der Waals surface area contributed by atoms with Gasteiger partial charge in [-0.15, -0.1) is 0 Å². The van der Waals surface area contributed by atoms with Crippen LogP contribution in [-0.2, 0) is 9.59 Å². The van der Waals surface area contributed by atoms with Gasteiger partial charge in [-0.1, -0.05) is 45.2 Å². The third kappa shape index (κ3) is 5.90. The first kappa shape index (κ1) is 20.1. The number of aromatic carboxylic acids is 1. The number of benzene rings is 1. The van der Waals surface area contributed by atoms with E-state index >= 15 is 0 Å². The van der Waals surface area contributed by atoms with Gasteiger partial charge in [0.15, 0.2) is 0 Å². The number of hydrogen-bond donors (Lipinski definition) is 1. The van der Waals surface area contributed by atoms with Crippen LogP contribution in [0.3, 0.4) is 0 Å². The molecule has 1 aromatic rings. The van der Waals surface area contributed by atoms with Gasteiger partial charge in [-0.3, -0.25) is 9.59 Å². The minimum absolute atomic E-state index is 0.110. The van der Waals surface area contributed by atoms with E-state index in [0.29, 0.717) is 0 Å². The molecule has 0 fully saturated rings. The molecule has 0 aromatic heterocycles. The summed E-state index contributed by atoms with van der Waals surface area (Å²) in [7, 11) is 0. The second-order valence-electron chi connectivity index (χ2n) is 5.69. The van der Waals surface area contributed by atoms with Gasteiger partial charge >= 0.3 is 17.9 Å². The van der Waals surface area contributed by atoms with Crippen LogP contribution < -0.4 is 9.47 Å². The third-order valence-electron chi connectivity index (χ3n) is 2.57. The Labute approximate surface area is 161 Å². The van der Waals surface area contributed by atoms with E-state index in [1.165, 1.54) is 18.2 Å². The van der Waals surface area contributed by atoms with E-state index in [9.17, 15) is 19.5 Å². The largest absolute Gasteiger partial charge is 0.478 e. The standard InChI is InChI=1S/C15H16I2O6/c1-14(2,16)12(20)22-8-5-6-9(11(18)19)10(7-8)23-13(21)15(3,4)17/h5-7H,1-4H3,(H,18,19). The number of ether oxygens (including phenoxy) is 2. The van der Waals surface area contributed by atoms with Crippen LogP contribution in [0.2, 0.25) is 0 Å². The van der Waals surface area contributed by atoms with Crippen molar-refractivity contribution in [1.29, 1.82) is 0 Å². The fraction of sp³-hybridized carbons (Fsp3) is 0.400. The minimum Gasteiger partial charge on any atom is -0.478 e. The van der Waals surface area contributed by atoms with Crippen molar-refractivity contribution in [2.75, 3.05) is 0 Å². The molecule has 0 atom stereocenters. The Morgan fingerprint density at radius 2 is 1.43 bits per heavy atom. The SMILES string of the molecule is CC(C)(I)C(=O)Oc1ccc(C(=O)O)c(OC(=O)C(C)(C)I)c1. The zero-order valence-corrected chi connectivity index (χ0v) is 17.3. The first-order valence-corrected chi connectivity index (χ1v) is 8.68. The van der Waals surface area contributed by atoms with E-state index < -0.39 is 24.8 Å². The van der Waals surface area contributed by atoms with E-state index in [1.807, 2.05) is 45.2 Å². The van der Waals surface area contributed by atoms with Crippen molar-refractivity contribution in [2.24, 2.45) is 0 Å². The van der Waals surface area contributed by atoms with Crippen LogP contribution >= 0.6 is 45.2 Å². The lowest BCUT2D eigenvalue weighted by molar-refractivity contribution is -0.136. The van der Waals surface area contributed by atoms with E-state index in [1.54, 1.807) is 27.7 Å². The maximum atomic E-state index is 12.0. The second kappa shape index (κ2) is 7.32. The maximum Gasteiger partial charge on any atom is 0.339 e. The summed E-state index contributed by atoms with van der Waals surface area (Å²) in [5, 5.41) is 9.18. The number of carboxylic acid groups (broad SMARTS) is 1. The molecule has 0 saturated heterocycles. The third-order valence-corrected chi connectivity index (χ3v) is 3.45. The summed E-state index contributed by atoms with van der Waals surface area (Å²) in [5.41, 5.74) is -0.187. The zero-order chi connectivity index (χ0) is 18.0. The Hall–Kier alpha value is -0.910. The lowest BCUT2D eigenvalue weighted by Gasteiger charge is -2.17. The molecule has 0 unspecified atom stereocenters. The highest BCUT2D eigenvalue weighted by atomic mass is 127. The number of hydrogen-bond acceptors (Lipinski definition) is 5. The molecule has 0 bridgehead atoms. The molecular weight excluding hydrogens is 530 g/mol. The Kier molecular flexibility index (Phi) is 6.41. The molecule has 1 rings (SSSR count). The predicted octanol–water partition coefficient (Wildman–Crippen LogP) is 3.62. The van der Waals surface area contributed by atoms with Crippen LogP contribution in [0.1, 0.15) is 38.1 Å². The topological polar surface area (TPSA) is 89.9 Å². The van der Waals surface area contributed by atoms with E-state index in [2.05, 4.69) is 0 Å². The van der Waals surface area contributed by atoms with Gasteiger partial charge in [0.05, 0.1) is 0 Å². The predicted molar refractivity (Wildman–Crippen MR) is 101 cm³/mol. The van der Waals surface area contributed by atoms with Crippen LogP contribution in [0.5, 0.6) is 11.5 Å². The molecule has 8 heteroatoms. The molecule has 126 valence electrons. The molecule has 0 heterocycles. The maximum absolute atomic E-state index is 12.0. The van der Waals surface area contributed by atoms with Gasteiger partial charge in [0.2, 0.25) is 0 Å². The van der Waals surface area contributed by atoms with Crippen molar-refractivity contribution >= 4 is 63.1 Å². The van der Waals surface area contributed by atoms with Crippen molar-refractivity contribution in [3.05, 3.63) is 23.8 Å². The number of carboxylic acids is 1. The van der Waals surface area contributed by atoms with Gasteiger partial charge in [-0.2, -0.15) is 0 Å². The summed E-state index contributed by atoms with van der Waals surface area (Å²) in [5.74, 6) is -2.39. The fourth-order valence-electron chi connectivity index (χ4n) is 1.28. The number of esters is 2. The monoisotopic (exact) mass is 546 g/mol. The number of carbonyl (C=O) groups is 3. The fourth-order valence-corrected chi connectivity index (χ4v) is 1.50. The van der Waals surface area contributed by atoms with Crippen LogP contribution in [0.25, 0.3) is 0 Å². The van der Waals surface area contributed by atoms with Crippen LogP contribution in [0.15, 0.2) is 18.2 Å². The number of halogens is 2. The van der Waals surface area contributed by atoms with E-state index in [4.69, 9.17) is 9.47 Å². The quantitative estimate of drug-likeness (QED) is 0.263. The van der Waals surface area contributed by atoms with Crippen molar-refractivity contribution in [1.82, 2.24) is 0 Å². The molecule has 23 heavy (non-hydrogen) atoms. The van der Waals surface area contributed by atoms with Gasteiger partial charge in [-0.05, 0) is 39.8 Å². The summed E-state index contributed by atoms with van der Waals surface area (Å²) >= 11 is 3.82. The highest BCUT2D eigenvalue weighted by Crippen LogP contribution is 2.29. The molecule has 1 N–H and O–H groups in total. The first-order valence-electron chi connectivity index (χ1n) is 6.52. The Bertz CT molecular complexity index is 640. The van der Waals surface area contributed by atoms with Crippen molar-refractivity contribution in [3.63, 3.8) is 0 Å². The van der Waals surface area contributed by atoms with Crippen molar-refractivity contribution in [3.8, 4) is 11.5 Å². The van der Waals surface area contributed by atoms with E-state index in [0.717, 1.165) is 0 Å². The number of rotatable bonds is 5. The molecule has 1 aromatic carbocycles. The summed E-state index contributed by atoms with van der Waals surface area (Å²) < 4.78 is 8.77. The molecule has 6 nitrogen and oxygen atoms in total. The Morgan fingerprint density at radius 3 is 1.87 bits per heavy atom. The molecular formula is C15H16I2O6. The molecule has 0 radical (unpaired) electrons. The van der Waals surface area contributed by atoms with Crippen LogP contribution in [-0.4, -0.2) is 29.9 Å². The zero-order valence-electron chi connectivity index (χ0n) is 13.0. The summed E-state index contributed by atoms with van der Waals surface area (Å²) in [4.78, 5) is 35.1. The van der Waals surface area contributed by atoms with Gasteiger partial charge in [0.25, 0.3) is 0 Å². The smallest absolute Gasteiger partial charge is 0.339 e. The number of carbonyl (C=O) groups excluding carboxylic acids is 2. The molecule has 0 aliphatic carbocycles. The summed E-state index contributed by atoms with van der Waals surface area (Å²) in [6, 6.07) is 3.80. The molecule has 0 spiro atoms. The molecule has 0 aliphatic rings. The van der Waals surface area contributed by atoms with Crippen molar-refractivity contribution in [2.45, 2.75) is 34.5 Å². The van der Waals surface area contributed by atoms with Gasteiger partial charge in [0.1, 0.15) is 23.9 Å². The lowest BCUT2D eigenvalue weighted by Crippen LogP contribution is -2.30. The summed E-state index contributed by atoms with van der Waals surface area (Å²) in [6.07, 6.45) is 0. The average Bonchev–Trinajstić information content (AvgIpc) is 2.36. The van der Waals surface area contributed by atoms with Crippen LogP contribution in [0.4, 0.5) is 0 Å². The van der Waals surface area contributed by atoms with Crippen LogP contribution in [0, 0.1) is 0 Å². The van der Waals surface area contributed by atoms with Gasteiger partial charge < -0.3 is 14.6 Å². The highest BCUT2D eigenvalue weighted by molar-refractivity contribution is 14.1. The van der Waals surface area contributed by atoms with Crippen molar-refractivity contribution < 1.29 is 29.0 Å². The summed E-state index contributed by atoms with van der Waals surface area (Å²) in [6.45, 7) is 6.64. The first-order chi connectivity index (χ1) is 10.3. The van der Waals surface area contributed by atoms with E-state index in [-0.39, 0.29) is 17.1 Å². The Morgan fingerprint density at radius 1 is 0.957 bits per heavy atom. The van der Waals surface area contributed by atoms with Gasteiger partial charge in [0, 0.05) is 6.07 Å². The molecule has 0 aliphatic heterocycles. The molecule has 0 amide bonds. The second-order valence-corrected chi connectivity index (χ2v) is 11.1. The normalized spacial score (nSPS) is 11.7.